The Morgan fingerprint density at radius 1 is 1.38 bits per heavy atom. The third-order valence-electron chi connectivity index (χ3n) is 4.37. The van der Waals surface area contributed by atoms with Crippen molar-refractivity contribution in [2.24, 2.45) is 17.8 Å². The molecule has 0 radical (unpaired) electrons. The number of hydrogen-bond donors (Lipinski definition) is 2. The summed E-state index contributed by atoms with van der Waals surface area (Å²) in [6, 6.07) is 3.05. The smallest absolute Gasteiger partial charge is 0.269 e. The van der Waals surface area contributed by atoms with Crippen molar-refractivity contribution in [1.29, 1.82) is 0 Å². The molecule has 1 saturated carbocycles. The van der Waals surface area contributed by atoms with Crippen molar-refractivity contribution in [3.63, 3.8) is 0 Å². The van der Waals surface area contributed by atoms with Gasteiger partial charge in [-0.05, 0) is 29.9 Å². The van der Waals surface area contributed by atoms with Crippen LogP contribution in [-0.2, 0) is 11.3 Å². The van der Waals surface area contributed by atoms with Crippen LogP contribution in [0.15, 0.2) is 12.1 Å². The van der Waals surface area contributed by atoms with Crippen molar-refractivity contribution in [2.75, 3.05) is 20.3 Å². The van der Waals surface area contributed by atoms with Crippen LogP contribution in [0, 0.1) is 17.8 Å². The van der Waals surface area contributed by atoms with E-state index in [0.717, 1.165) is 13.2 Å². The third-order valence-corrected chi connectivity index (χ3v) is 4.37. The highest BCUT2D eigenvalue weighted by molar-refractivity contribution is 6.00. The second-order valence-corrected chi connectivity index (χ2v) is 5.63. The van der Waals surface area contributed by atoms with Crippen LogP contribution in [0.1, 0.15) is 33.0 Å². The van der Waals surface area contributed by atoms with Crippen molar-refractivity contribution in [1.82, 2.24) is 10.3 Å². The van der Waals surface area contributed by atoms with Crippen LogP contribution < -0.4 is 5.32 Å². The third kappa shape index (κ3) is 2.69. The summed E-state index contributed by atoms with van der Waals surface area (Å²) in [5.74, 6) is 1.08. The Balaban J connectivity index is 1.77. The number of nitrogens with zero attached hydrogens (tertiary/aromatic N) is 1. The van der Waals surface area contributed by atoms with Gasteiger partial charge in [0.2, 0.25) is 0 Å². The number of pyridine rings is 1. The Hall–Kier alpha value is -1.79. The molecule has 1 aliphatic heterocycles. The summed E-state index contributed by atoms with van der Waals surface area (Å²) in [6.45, 7) is 1.21. The number of rotatable bonds is 5. The van der Waals surface area contributed by atoms with E-state index in [4.69, 9.17) is 4.74 Å². The topological polar surface area (TPSA) is 88.5 Å². The van der Waals surface area contributed by atoms with Crippen molar-refractivity contribution >= 4 is 11.7 Å². The molecule has 0 spiro atoms. The second-order valence-electron chi connectivity index (χ2n) is 5.63. The SMILES string of the molecule is CNC(=O)c1cc(C(=O)CC2[C@H]3COC[C@@H]23)cc(CO)n1. The highest BCUT2D eigenvalue weighted by Crippen LogP contribution is 2.52. The first kappa shape index (κ1) is 14.2. The molecule has 6 nitrogen and oxygen atoms in total. The highest BCUT2D eigenvalue weighted by Gasteiger charge is 2.54. The zero-order valence-electron chi connectivity index (χ0n) is 11.8. The predicted molar refractivity (Wildman–Crippen MR) is 73.8 cm³/mol. The Bertz CT molecular complexity index is 577. The maximum Gasteiger partial charge on any atom is 0.269 e. The Labute approximate surface area is 122 Å². The van der Waals surface area contributed by atoms with Gasteiger partial charge in [-0.15, -0.1) is 0 Å². The Morgan fingerprint density at radius 2 is 2.10 bits per heavy atom. The van der Waals surface area contributed by atoms with Crippen LogP contribution in [0.25, 0.3) is 0 Å². The molecular formula is C15H18N2O4. The summed E-state index contributed by atoms with van der Waals surface area (Å²) < 4.78 is 5.32. The molecule has 2 heterocycles. The van der Waals surface area contributed by atoms with Gasteiger partial charge in [-0.3, -0.25) is 9.59 Å². The number of amides is 1. The first-order valence-electron chi connectivity index (χ1n) is 7.09. The molecule has 21 heavy (non-hydrogen) atoms. The molecular weight excluding hydrogens is 272 g/mol. The molecule has 3 atom stereocenters. The minimum Gasteiger partial charge on any atom is -0.390 e. The Morgan fingerprint density at radius 3 is 2.71 bits per heavy atom. The lowest BCUT2D eigenvalue weighted by Crippen LogP contribution is -2.20. The van der Waals surface area contributed by atoms with Gasteiger partial charge in [-0.1, -0.05) is 0 Å². The number of carbonyl (C=O) groups is 2. The van der Waals surface area contributed by atoms with E-state index in [0.29, 0.717) is 35.4 Å². The normalized spacial score (nSPS) is 26.3. The minimum absolute atomic E-state index is 0.00310. The van der Waals surface area contributed by atoms with Crippen molar-refractivity contribution in [3.05, 3.63) is 29.1 Å². The van der Waals surface area contributed by atoms with Gasteiger partial charge in [0, 0.05) is 19.0 Å². The van der Waals surface area contributed by atoms with Gasteiger partial charge in [0.05, 0.1) is 25.5 Å². The summed E-state index contributed by atoms with van der Waals surface area (Å²) in [4.78, 5) is 28.1. The van der Waals surface area contributed by atoms with Crippen LogP contribution in [0.2, 0.25) is 0 Å². The lowest BCUT2D eigenvalue weighted by Gasteiger charge is -2.07. The average Bonchev–Trinajstić information content (AvgIpc) is 2.95. The summed E-state index contributed by atoms with van der Waals surface area (Å²) in [5.41, 5.74) is 0.934. The lowest BCUT2D eigenvalue weighted by molar-refractivity contribution is 0.0950. The fourth-order valence-corrected chi connectivity index (χ4v) is 3.07. The molecule has 1 aromatic heterocycles. The number of hydrogen-bond acceptors (Lipinski definition) is 5. The van der Waals surface area contributed by atoms with E-state index in [-0.39, 0.29) is 24.0 Å². The number of fused-ring (bicyclic) bond motifs is 1. The number of aromatic nitrogens is 1. The second kappa shape index (κ2) is 5.54. The maximum absolute atomic E-state index is 12.4. The van der Waals surface area contributed by atoms with E-state index in [1.165, 1.54) is 13.1 Å². The minimum atomic E-state index is -0.365. The summed E-state index contributed by atoms with van der Waals surface area (Å²) in [5, 5.41) is 11.7. The van der Waals surface area contributed by atoms with E-state index in [1.807, 2.05) is 0 Å². The largest absolute Gasteiger partial charge is 0.390 e. The lowest BCUT2D eigenvalue weighted by atomic mass is 10.0. The Kier molecular flexibility index (Phi) is 3.73. The van der Waals surface area contributed by atoms with Gasteiger partial charge in [-0.25, -0.2) is 4.98 Å². The zero-order chi connectivity index (χ0) is 15.0. The van der Waals surface area contributed by atoms with Gasteiger partial charge >= 0.3 is 0 Å². The highest BCUT2D eigenvalue weighted by atomic mass is 16.5. The van der Waals surface area contributed by atoms with Gasteiger partial charge in [0.25, 0.3) is 5.91 Å². The molecule has 2 aliphatic rings. The summed E-state index contributed by atoms with van der Waals surface area (Å²) in [7, 11) is 1.50. The summed E-state index contributed by atoms with van der Waals surface area (Å²) >= 11 is 0. The van der Waals surface area contributed by atoms with Crippen LogP contribution >= 0.6 is 0 Å². The van der Waals surface area contributed by atoms with E-state index < -0.39 is 0 Å². The van der Waals surface area contributed by atoms with E-state index in [1.54, 1.807) is 6.07 Å². The number of aliphatic hydroxyl groups excluding tert-OH is 1. The van der Waals surface area contributed by atoms with Gasteiger partial charge in [-0.2, -0.15) is 0 Å². The fourth-order valence-electron chi connectivity index (χ4n) is 3.07. The van der Waals surface area contributed by atoms with E-state index in [9.17, 15) is 14.7 Å². The molecule has 0 aromatic carbocycles. The fraction of sp³-hybridized carbons (Fsp3) is 0.533. The number of nitrogens with one attached hydrogen (secondary N) is 1. The van der Waals surface area contributed by atoms with Crippen molar-refractivity contribution < 1.29 is 19.4 Å². The molecule has 1 unspecified atom stereocenters. The molecule has 0 bridgehead atoms. The van der Waals surface area contributed by atoms with Crippen LogP contribution in [0.5, 0.6) is 0 Å². The van der Waals surface area contributed by atoms with E-state index >= 15 is 0 Å². The van der Waals surface area contributed by atoms with Crippen LogP contribution in [0.3, 0.4) is 0 Å². The number of Topliss-reactive ketones (excluding diaryl/α,β-unsaturated/α-hetero) is 1. The van der Waals surface area contributed by atoms with Crippen molar-refractivity contribution in [3.8, 4) is 0 Å². The number of ketones is 1. The maximum atomic E-state index is 12.4. The first-order chi connectivity index (χ1) is 10.1. The zero-order valence-corrected chi connectivity index (χ0v) is 11.8. The van der Waals surface area contributed by atoms with Gasteiger partial charge in [0.1, 0.15) is 5.69 Å². The molecule has 112 valence electrons. The molecule has 2 N–H and O–H groups in total. The van der Waals surface area contributed by atoms with Crippen LogP contribution in [-0.4, -0.2) is 42.0 Å². The van der Waals surface area contributed by atoms with Crippen LogP contribution in [0.4, 0.5) is 0 Å². The standard InChI is InChI=1S/C15H18N2O4/c1-16-15(20)13-3-8(2-9(5-18)17-13)14(19)4-10-11-6-21-7-12(10)11/h2-3,10-12,18H,4-7H2,1H3,(H,16,20)/t10?,11-,12+. The summed E-state index contributed by atoms with van der Waals surface area (Å²) in [6.07, 6.45) is 0.473. The quantitative estimate of drug-likeness (QED) is 0.766. The molecule has 1 aromatic rings. The molecule has 1 amide bonds. The molecule has 1 aliphatic carbocycles. The number of aliphatic hydroxyl groups is 1. The number of ether oxygens (including phenoxy) is 1. The molecule has 3 rings (SSSR count). The molecule has 6 heteroatoms. The number of carbonyl (C=O) groups excluding carboxylic acids is 2. The van der Waals surface area contributed by atoms with E-state index in [2.05, 4.69) is 10.3 Å². The first-order valence-corrected chi connectivity index (χ1v) is 7.09. The monoisotopic (exact) mass is 290 g/mol. The average molecular weight is 290 g/mol. The van der Waals surface area contributed by atoms with Gasteiger partial charge in [0.15, 0.2) is 5.78 Å². The van der Waals surface area contributed by atoms with Crippen molar-refractivity contribution in [2.45, 2.75) is 13.0 Å². The van der Waals surface area contributed by atoms with Gasteiger partial charge < -0.3 is 15.2 Å². The predicted octanol–water partition coefficient (Wildman–Crippen LogP) is 0.399. The molecule has 1 saturated heterocycles. The molecule has 2 fully saturated rings.